The molecule has 0 atom stereocenters. The lowest BCUT2D eigenvalue weighted by Gasteiger charge is -1.92. The lowest BCUT2D eigenvalue weighted by atomic mass is 10.3. The van der Waals surface area contributed by atoms with Gasteiger partial charge >= 0.3 is 0 Å². The highest BCUT2D eigenvalue weighted by molar-refractivity contribution is 5.42. The predicted octanol–water partition coefficient (Wildman–Crippen LogP) is 0.449. The Morgan fingerprint density at radius 3 is 2.42 bits per heavy atom. The third-order valence-electron chi connectivity index (χ3n) is 1.20. The minimum absolute atomic E-state index is 0.250. The van der Waals surface area contributed by atoms with E-state index in [0.717, 1.165) is 17.8 Å². The lowest BCUT2D eigenvalue weighted by molar-refractivity contribution is -0.106. The topological polar surface area (TPSA) is 68.9 Å². The van der Waals surface area contributed by atoms with Gasteiger partial charge in [-0.2, -0.15) is 0 Å². The molecule has 4 nitrogen and oxygen atoms in total. The van der Waals surface area contributed by atoms with E-state index in [2.05, 4.69) is 22.6 Å². The van der Waals surface area contributed by atoms with E-state index in [1.54, 1.807) is 6.20 Å². The van der Waals surface area contributed by atoms with E-state index >= 15 is 0 Å². The van der Waals surface area contributed by atoms with Crippen molar-refractivity contribution < 1.29 is 4.79 Å². The third kappa shape index (κ3) is 4.38. The van der Waals surface area contributed by atoms with Crippen molar-refractivity contribution in [2.45, 2.75) is 20.3 Å². The zero-order chi connectivity index (χ0) is 9.40. The van der Waals surface area contributed by atoms with Gasteiger partial charge in [0.05, 0.1) is 11.4 Å². The van der Waals surface area contributed by atoms with Gasteiger partial charge in [-0.25, -0.2) is 0 Å². The maximum atomic E-state index is 8.58. The highest BCUT2D eigenvalue weighted by Gasteiger charge is 1.87. The van der Waals surface area contributed by atoms with Crippen molar-refractivity contribution in [1.82, 2.24) is 9.97 Å². The van der Waals surface area contributed by atoms with Crippen molar-refractivity contribution in [3.63, 3.8) is 0 Å². The summed E-state index contributed by atoms with van der Waals surface area (Å²) < 4.78 is 0. The second-order valence-corrected chi connectivity index (χ2v) is 2.14. The summed E-state index contributed by atoms with van der Waals surface area (Å²) in [4.78, 5) is 16.8. The predicted molar refractivity (Wildman–Crippen MR) is 46.4 cm³/mol. The van der Waals surface area contributed by atoms with E-state index in [9.17, 15) is 0 Å². The summed E-state index contributed by atoms with van der Waals surface area (Å²) in [5.41, 5.74) is 6.20. The summed E-state index contributed by atoms with van der Waals surface area (Å²) in [6.07, 6.45) is 4.82. The van der Waals surface area contributed by atoms with E-state index in [4.69, 9.17) is 4.79 Å². The number of hydrogen-bond acceptors (Lipinski definition) is 3. The van der Waals surface area contributed by atoms with Crippen LogP contribution in [0.1, 0.15) is 18.3 Å². The molecule has 0 aromatic carbocycles. The minimum atomic E-state index is 0.250. The minimum Gasteiger partial charge on any atom is -0.372 e. The number of aryl methyl sites for hydroxylation is 2. The van der Waals surface area contributed by atoms with Gasteiger partial charge in [0.25, 0.3) is 0 Å². The van der Waals surface area contributed by atoms with E-state index in [0.29, 0.717) is 0 Å². The van der Waals surface area contributed by atoms with E-state index < -0.39 is 0 Å². The van der Waals surface area contributed by atoms with Crippen molar-refractivity contribution in [2.24, 2.45) is 5.73 Å². The normalized spacial score (nSPS) is 8.17. The monoisotopic (exact) mass is 167 g/mol. The Labute approximate surface area is 71.8 Å². The smallest absolute Gasteiger partial charge is 0.204 e. The third-order valence-corrected chi connectivity index (χ3v) is 1.20. The highest BCUT2D eigenvalue weighted by atomic mass is 16.1. The molecule has 4 heteroatoms. The number of rotatable bonds is 1. The number of amides is 1. The summed E-state index contributed by atoms with van der Waals surface area (Å²) in [5.74, 6) is 0. The molecule has 1 heterocycles. The number of hydrogen-bond donors (Lipinski definition) is 1. The van der Waals surface area contributed by atoms with E-state index in [1.165, 1.54) is 0 Å². The summed E-state index contributed by atoms with van der Waals surface area (Å²) in [5, 5.41) is 0. The van der Waals surface area contributed by atoms with Crippen LogP contribution in [0.4, 0.5) is 0 Å². The number of nitrogens with zero attached hydrogens (tertiary/aromatic N) is 2. The maximum Gasteiger partial charge on any atom is 0.204 e. The molecule has 0 spiro atoms. The lowest BCUT2D eigenvalue weighted by Crippen LogP contribution is -1.89. The molecule has 1 aromatic heterocycles. The Hall–Kier alpha value is -1.45. The van der Waals surface area contributed by atoms with Gasteiger partial charge in [0.15, 0.2) is 0 Å². The molecule has 1 rings (SSSR count). The van der Waals surface area contributed by atoms with Crippen LogP contribution in [0.15, 0.2) is 12.4 Å². The SMILES string of the molecule is CCc1cnc(C)cn1.NC=O. The van der Waals surface area contributed by atoms with Gasteiger partial charge in [0, 0.05) is 12.4 Å². The number of primary amides is 1. The number of nitrogens with two attached hydrogens (primary N) is 1. The molecule has 1 amide bonds. The zero-order valence-electron chi connectivity index (χ0n) is 7.32. The second kappa shape index (κ2) is 6.27. The molecular formula is C8H13N3O. The summed E-state index contributed by atoms with van der Waals surface area (Å²) >= 11 is 0. The Morgan fingerprint density at radius 2 is 2.08 bits per heavy atom. The van der Waals surface area contributed by atoms with Crippen LogP contribution in [0.2, 0.25) is 0 Å². The van der Waals surface area contributed by atoms with E-state index in [1.807, 2.05) is 13.1 Å². The molecular weight excluding hydrogens is 154 g/mol. The first-order chi connectivity index (χ1) is 5.74. The van der Waals surface area contributed by atoms with Crippen LogP contribution in [-0.4, -0.2) is 16.4 Å². The van der Waals surface area contributed by atoms with Gasteiger partial charge in [-0.05, 0) is 13.3 Å². The molecule has 2 N–H and O–H groups in total. The van der Waals surface area contributed by atoms with Gasteiger partial charge in [0.1, 0.15) is 0 Å². The largest absolute Gasteiger partial charge is 0.372 e. The average Bonchev–Trinajstić information content (AvgIpc) is 2.07. The summed E-state index contributed by atoms with van der Waals surface area (Å²) in [6.45, 7) is 4.01. The molecule has 0 aliphatic heterocycles. The fourth-order valence-corrected chi connectivity index (χ4v) is 0.602. The maximum absolute atomic E-state index is 8.58. The Kier molecular flexibility index (Phi) is 5.51. The number of aromatic nitrogens is 2. The molecule has 0 fully saturated rings. The van der Waals surface area contributed by atoms with Crippen molar-refractivity contribution in [3.8, 4) is 0 Å². The van der Waals surface area contributed by atoms with Gasteiger partial charge in [0.2, 0.25) is 6.41 Å². The van der Waals surface area contributed by atoms with Crippen LogP contribution >= 0.6 is 0 Å². The van der Waals surface area contributed by atoms with Crippen LogP contribution in [-0.2, 0) is 11.2 Å². The molecule has 1 aromatic rings. The Balaban J connectivity index is 0.000000354. The fourth-order valence-electron chi connectivity index (χ4n) is 0.602. The molecule has 0 bridgehead atoms. The highest BCUT2D eigenvalue weighted by Crippen LogP contribution is 1.92. The van der Waals surface area contributed by atoms with Crippen LogP contribution in [0, 0.1) is 6.92 Å². The van der Waals surface area contributed by atoms with Crippen LogP contribution in [0.5, 0.6) is 0 Å². The first-order valence-corrected chi connectivity index (χ1v) is 3.67. The van der Waals surface area contributed by atoms with E-state index in [-0.39, 0.29) is 6.41 Å². The molecule has 0 saturated heterocycles. The number of carbonyl (C=O) groups excluding carboxylic acids is 1. The Bertz CT molecular complexity index is 220. The van der Waals surface area contributed by atoms with Crippen molar-refractivity contribution in [2.75, 3.05) is 0 Å². The standard InChI is InChI=1S/C7H10N2.CH3NO/c1-3-7-5-8-6(2)4-9-7;2-1-3/h4-5H,3H2,1-2H3;1H,(H2,2,3). The molecule has 0 saturated carbocycles. The quantitative estimate of drug-likeness (QED) is 0.617. The van der Waals surface area contributed by atoms with Crippen LogP contribution in [0.3, 0.4) is 0 Å². The summed E-state index contributed by atoms with van der Waals surface area (Å²) in [7, 11) is 0. The van der Waals surface area contributed by atoms with Crippen LogP contribution in [0.25, 0.3) is 0 Å². The van der Waals surface area contributed by atoms with Crippen molar-refractivity contribution in [3.05, 3.63) is 23.8 Å². The molecule has 0 radical (unpaired) electrons. The first-order valence-electron chi connectivity index (χ1n) is 3.67. The molecule has 0 aliphatic carbocycles. The second-order valence-electron chi connectivity index (χ2n) is 2.14. The fraction of sp³-hybridized carbons (Fsp3) is 0.375. The van der Waals surface area contributed by atoms with Gasteiger partial charge in [-0.15, -0.1) is 0 Å². The first kappa shape index (κ1) is 10.6. The molecule has 0 aliphatic rings. The average molecular weight is 167 g/mol. The molecule has 66 valence electrons. The van der Waals surface area contributed by atoms with Gasteiger partial charge in [-0.1, -0.05) is 6.92 Å². The van der Waals surface area contributed by atoms with Crippen molar-refractivity contribution in [1.29, 1.82) is 0 Å². The van der Waals surface area contributed by atoms with Crippen molar-refractivity contribution >= 4 is 6.41 Å². The van der Waals surface area contributed by atoms with Crippen LogP contribution < -0.4 is 5.73 Å². The van der Waals surface area contributed by atoms with Gasteiger partial charge < -0.3 is 5.73 Å². The number of carbonyl (C=O) groups is 1. The Morgan fingerprint density at radius 1 is 1.50 bits per heavy atom. The molecule has 12 heavy (non-hydrogen) atoms. The summed E-state index contributed by atoms with van der Waals surface area (Å²) in [6, 6.07) is 0. The zero-order valence-corrected chi connectivity index (χ0v) is 7.32. The molecule has 0 unspecified atom stereocenters. The van der Waals surface area contributed by atoms with Gasteiger partial charge in [-0.3, -0.25) is 14.8 Å².